The zero-order valence-corrected chi connectivity index (χ0v) is 37.3. The maximum absolute atomic E-state index is 15.7. The molecule has 2 N–H and O–H groups in total. The highest BCUT2D eigenvalue weighted by Crippen LogP contribution is 2.67. The summed E-state index contributed by atoms with van der Waals surface area (Å²) >= 11 is 1.52. The highest BCUT2D eigenvalue weighted by atomic mass is 32.1. The Morgan fingerprint density at radius 1 is 0.883 bits per heavy atom. The molecule has 8 bridgehead atoms. The lowest BCUT2D eigenvalue weighted by molar-refractivity contribution is -0.181. The number of rotatable bonds is 7. The summed E-state index contributed by atoms with van der Waals surface area (Å²) in [6.45, 7) is 11.2. The van der Waals surface area contributed by atoms with Crippen LogP contribution in [-0.4, -0.2) is 63.2 Å². The average Bonchev–Trinajstić information content (AvgIpc) is 3.84. The van der Waals surface area contributed by atoms with Gasteiger partial charge in [-0.3, -0.25) is 14.4 Å². The summed E-state index contributed by atoms with van der Waals surface area (Å²) in [6.07, 6.45) is 14.6. The number of hydrogen-bond donors (Lipinski definition) is 2. The van der Waals surface area contributed by atoms with Crippen molar-refractivity contribution in [2.24, 2.45) is 39.4 Å². The van der Waals surface area contributed by atoms with E-state index in [1.54, 1.807) is 0 Å². The second-order valence-electron chi connectivity index (χ2n) is 22.2. The largest absolute Gasteiger partial charge is 0.448 e. The van der Waals surface area contributed by atoms with Crippen molar-refractivity contribution in [1.29, 1.82) is 0 Å². The van der Waals surface area contributed by atoms with Crippen LogP contribution in [0.15, 0.2) is 60.2 Å². The van der Waals surface area contributed by atoms with Crippen LogP contribution < -0.4 is 0 Å². The van der Waals surface area contributed by atoms with Crippen LogP contribution in [0.25, 0.3) is 10.1 Å². The molecule has 1 amide bonds. The molecule has 2 heterocycles. The Hall–Kier alpha value is -3.33. The monoisotopic (exact) mass is 831 g/mol. The predicted octanol–water partition coefficient (Wildman–Crippen LogP) is 10.3. The molecule has 7 nitrogen and oxygen atoms in total. The highest BCUT2D eigenvalue weighted by molar-refractivity contribution is 7.21. The van der Waals surface area contributed by atoms with E-state index in [0.717, 1.165) is 53.3 Å². The number of aliphatic hydroxyl groups excluding tert-OH is 1. The van der Waals surface area contributed by atoms with E-state index in [0.29, 0.717) is 79.7 Å². The predicted molar refractivity (Wildman–Crippen MR) is 236 cm³/mol. The van der Waals surface area contributed by atoms with Gasteiger partial charge < -0.3 is 19.8 Å². The van der Waals surface area contributed by atoms with Crippen molar-refractivity contribution in [1.82, 2.24) is 4.90 Å². The first-order valence-corrected chi connectivity index (χ1v) is 24.0. The van der Waals surface area contributed by atoms with E-state index in [9.17, 15) is 19.8 Å². The molecule has 60 heavy (non-hydrogen) atoms. The molecule has 1 aromatic heterocycles. The zero-order chi connectivity index (χ0) is 42.0. The Bertz CT molecular complexity index is 2220. The quantitative estimate of drug-likeness (QED) is 0.140. The van der Waals surface area contributed by atoms with Crippen molar-refractivity contribution in [3.63, 3.8) is 0 Å². The Kier molecular flexibility index (Phi) is 9.56. The van der Waals surface area contributed by atoms with Crippen molar-refractivity contribution in [2.75, 3.05) is 13.1 Å². The van der Waals surface area contributed by atoms with Gasteiger partial charge in [-0.25, -0.2) is 0 Å². The SMILES string of the molecule is CC1=CCC[C@@]2(C)[C@@H](CC[C@@]2(O)CN(CC23CC4CC(CC(C4)C2)C3)C(=O)[C@@]23CC[C@@](C)(C(=O)O2)C3(C)C)c2ccc(cc2C(=O)c2cc3ccccc3s2)C[C@@H](O)CC1. The number of ketones is 1. The molecular weight excluding hydrogens is 767 g/mol. The van der Waals surface area contributed by atoms with Crippen molar-refractivity contribution in [3.05, 3.63) is 81.7 Å². The lowest BCUT2D eigenvalue weighted by atomic mass is 9.49. The first-order chi connectivity index (χ1) is 28.5. The number of carbonyl (C=O) groups excluding carboxylic acids is 3. The van der Waals surface area contributed by atoms with Gasteiger partial charge in [-0.1, -0.05) is 62.8 Å². The fourth-order valence-electron chi connectivity index (χ4n) is 14.8. The van der Waals surface area contributed by atoms with Crippen LogP contribution in [-0.2, 0) is 20.7 Å². The average molecular weight is 832 g/mol. The van der Waals surface area contributed by atoms with Crippen molar-refractivity contribution >= 4 is 39.1 Å². The van der Waals surface area contributed by atoms with E-state index in [1.807, 2.05) is 42.2 Å². The van der Waals surface area contributed by atoms with Crippen molar-refractivity contribution < 1.29 is 29.3 Å². The Morgan fingerprint density at radius 3 is 2.27 bits per heavy atom. The van der Waals surface area contributed by atoms with Gasteiger partial charge in [0.2, 0.25) is 5.78 Å². The minimum atomic E-state index is -1.27. The highest BCUT2D eigenvalue weighted by Gasteiger charge is 2.76. The smallest absolute Gasteiger partial charge is 0.313 e. The summed E-state index contributed by atoms with van der Waals surface area (Å²) in [4.78, 5) is 47.0. The van der Waals surface area contributed by atoms with E-state index >= 15 is 4.79 Å². The lowest BCUT2D eigenvalue weighted by Crippen LogP contribution is -2.63. The van der Waals surface area contributed by atoms with Gasteiger partial charge in [-0.05, 0) is 174 Å². The van der Waals surface area contributed by atoms with E-state index < -0.39 is 33.6 Å². The molecule has 0 unspecified atom stereocenters. The van der Waals surface area contributed by atoms with E-state index in [-0.39, 0.29) is 35.5 Å². The Morgan fingerprint density at radius 2 is 1.60 bits per heavy atom. The molecule has 6 saturated carbocycles. The molecule has 0 spiro atoms. The van der Waals surface area contributed by atoms with Crippen molar-refractivity contribution in [3.8, 4) is 0 Å². The van der Waals surface area contributed by atoms with Crippen LogP contribution in [0, 0.1) is 39.4 Å². The normalized spacial score (nSPS) is 39.1. The summed E-state index contributed by atoms with van der Waals surface area (Å²) in [5.41, 5.74) is -0.874. The van der Waals surface area contributed by atoms with Crippen LogP contribution in [0.5, 0.6) is 0 Å². The van der Waals surface area contributed by atoms with Crippen LogP contribution >= 0.6 is 11.3 Å². The number of carbonyl (C=O) groups is 3. The number of amides is 1. The number of esters is 1. The van der Waals surface area contributed by atoms with Crippen molar-refractivity contribution in [2.45, 2.75) is 154 Å². The van der Waals surface area contributed by atoms with E-state index in [2.05, 4.69) is 52.0 Å². The zero-order valence-electron chi connectivity index (χ0n) is 36.5. The summed E-state index contributed by atoms with van der Waals surface area (Å²) in [5.74, 6) is 1.55. The van der Waals surface area contributed by atoms with Gasteiger partial charge >= 0.3 is 5.97 Å². The van der Waals surface area contributed by atoms with Crippen LogP contribution in [0.1, 0.15) is 157 Å². The first kappa shape index (κ1) is 40.7. The molecule has 2 aromatic carbocycles. The Balaban J connectivity index is 1.07. The maximum atomic E-state index is 15.7. The second kappa shape index (κ2) is 14.1. The summed E-state index contributed by atoms with van der Waals surface area (Å²) in [6, 6.07) is 16.3. The Labute approximate surface area is 360 Å². The van der Waals surface area contributed by atoms with Crippen LogP contribution in [0.4, 0.5) is 0 Å². The minimum absolute atomic E-state index is 0.0122. The second-order valence-corrected chi connectivity index (χ2v) is 23.3. The summed E-state index contributed by atoms with van der Waals surface area (Å²) in [7, 11) is 0. The fourth-order valence-corrected chi connectivity index (χ4v) is 15.8. The lowest BCUT2D eigenvalue weighted by Gasteiger charge is -2.58. The maximum Gasteiger partial charge on any atom is 0.313 e. The van der Waals surface area contributed by atoms with Crippen LogP contribution in [0.2, 0.25) is 0 Å². The first-order valence-electron chi connectivity index (χ1n) is 23.2. The number of fused-ring (bicyclic) bond motifs is 11. The van der Waals surface area contributed by atoms with Gasteiger partial charge in [0, 0.05) is 27.6 Å². The molecular formula is C52H65NO6S. The third-order valence-electron chi connectivity index (χ3n) is 18.4. The summed E-state index contributed by atoms with van der Waals surface area (Å²) in [5, 5.41) is 25.9. The number of ether oxygens (including phenoxy) is 1. The van der Waals surface area contributed by atoms with Gasteiger partial charge in [0.05, 0.1) is 28.5 Å². The molecule has 12 rings (SSSR count). The minimum Gasteiger partial charge on any atom is -0.448 e. The van der Waals surface area contributed by atoms with Gasteiger partial charge in [0.25, 0.3) is 5.91 Å². The molecule has 1 aliphatic heterocycles. The number of aliphatic hydroxyl groups is 2. The number of thiophene rings is 1. The number of hydrogen-bond acceptors (Lipinski definition) is 7. The van der Waals surface area contributed by atoms with E-state index in [4.69, 9.17) is 4.74 Å². The number of benzene rings is 2. The topological polar surface area (TPSA) is 104 Å². The third-order valence-corrected chi connectivity index (χ3v) is 19.5. The molecule has 9 aliphatic rings. The fraction of sp³-hybridized carbons (Fsp3) is 0.635. The standard InChI is InChI=1S/C52H65NO6S/c1-32-9-8-17-48(4)41(39-15-13-33(24-38(54)14-12-32)25-40(39)44(55)43-26-37-10-6-7-11-42(37)60-43)16-18-51(48,58)31-53(30-50-27-34-21-35(28-50)23-36(22-34)29-50)45(56)52-20-19-49(5,46(57)59-52)47(52,2)3/h6-7,9-11,13,15,25-26,34-36,38,41,54,58H,8,12,14,16-24,27-31H2,1-5H3/t34?,35?,36?,38-,41-,48-,49-,50?,51+,52+/m0/s1. The molecule has 8 aliphatic carbocycles. The molecule has 7 fully saturated rings. The molecule has 3 aromatic rings. The van der Waals surface area contributed by atoms with E-state index in [1.165, 1.54) is 36.2 Å². The summed E-state index contributed by atoms with van der Waals surface area (Å²) < 4.78 is 7.41. The van der Waals surface area contributed by atoms with Crippen LogP contribution in [0.3, 0.4) is 0 Å². The molecule has 6 atom stereocenters. The van der Waals surface area contributed by atoms with Gasteiger partial charge in [-0.2, -0.15) is 0 Å². The molecule has 8 heteroatoms. The molecule has 320 valence electrons. The number of nitrogens with zero attached hydrogens (tertiary/aromatic N) is 1. The van der Waals surface area contributed by atoms with Gasteiger partial charge in [-0.15, -0.1) is 11.3 Å². The third kappa shape index (κ3) is 6.10. The van der Waals surface area contributed by atoms with Gasteiger partial charge in [0.15, 0.2) is 5.60 Å². The molecule has 1 saturated heterocycles. The van der Waals surface area contributed by atoms with Gasteiger partial charge in [0.1, 0.15) is 0 Å². The molecule has 0 radical (unpaired) electrons. The number of allylic oxidation sites excluding steroid dienone is 2.